The van der Waals surface area contributed by atoms with Crippen LogP contribution in [0.4, 0.5) is 0 Å². The molecule has 0 aliphatic heterocycles. The van der Waals surface area contributed by atoms with Gasteiger partial charge in [0, 0.05) is 17.8 Å². The highest BCUT2D eigenvalue weighted by atomic mass is 14.8. The van der Waals surface area contributed by atoms with Gasteiger partial charge in [0.05, 0.1) is 11.2 Å². The van der Waals surface area contributed by atoms with Crippen LogP contribution in [0.5, 0.6) is 0 Å². The zero-order chi connectivity index (χ0) is 12.2. The van der Waals surface area contributed by atoms with Crippen molar-refractivity contribution < 1.29 is 0 Å². The van der Waals surface area contributed by atoms with Crippen LogP contribution in [0, 0.1) is 0 Å². The summed E-state index contributed by atoms with van der Waals surface area (Å²) in [5.74, 6) is 0. The van der Waals surface area contributed by atoms with Crippen molar-refractivity contribution in [3.8, 4) is 0 Å². The molecule has 3 nitrogen and oxygen atoms in total. The van der Waals surface area contributed by atoms with Crippen LogP contribution in [0.3, 0.4) is 0 Å². The number of rotatable bonds is 2. The van der Waals surface area contributed by atoms with E-state index >= 15 is 0 Å². The van der Waals surface area contributed by atoms with Crippen LogP contribution in [0.25, 0.3) is 23.1 Å². The summed E-state index contributed by atoms with van der Waals surface area (Å²) < 4.78 is 0. The molecule has 2 heterocycles. The van der Waals surface area contributed by atoms with Crippen LogP contribution in [0.2, 0.25) is 0 Å². The zero-order valence-corrected chi connectivity index (χ0v) is 9.69. The van der Waals surface area contributed by atoms with E-state index in [1.165, 1.54) is 0 Å². The maximum absolute atomic E-state index is 4.31. The number of hydrogen-bond acceptors (Lipinski definition) is 3. The van der Waals surface area contributed by atoms with E-state index in [-0.39, 0.29) is 0 Å². The topological polar surface area (TPSA) is 38.7 Å². The number of pyridine rings is 1. The molecule has 0 aliphatic carbocycles. The lowest BCUT2D eigenvalue weighted by Crippen LogP contribution is -1.86. The van der Waals surface area contributed by atoms with E-state index in [1.54, 1.807) is 18.7 Å². The number of aromatic nitrogens is 3. The molecular weight excluding hydrogens is 222 g/mol. The first-order valence-electron chi connectivity index (χ1n) is 5.71. The molecule has 0 N–H and O–H groups in total. The Labute approximate surface area is 105 Å². The molecule has 0 unspecified atom stereocenters. The lowest BCUT2D eigenvalue weighted by atomic mass is 10.1. The van der Waals surface area contributed by atoms with E-state index < -0.39 is 0 Å². The van der Waals surface area contributed by atoms with Crippen LogP contribution in [0.1, 0.15) is 11.3 Å². The number of benzene rings is 1. The van der Waals surface area contributed by atoms with Crippen molar-refractivity contribution in [2.24, 2.45) is 0 Å². The van der Waals surface area contributed by atoms with E-state index in [2.05, 4.69) is 15.0 Å². The molecule has 0 amide bonds. The molecule has 0 saturated carbocycles. The van der Waals surface area contributed by atoms with Gasteiger partial charge in [0.1, 0.15) is 6.33 Å². The molecule has 0 aliphatic rings. The van der Waals surface area contributed by atoms with Gasteiger partial charge in [-0.25, -0.2) is 9.97 Å². The largest absolute Gasteiger partial charge is 0.265 e. The van der Waals surface area contributed by atoms with Crippen LogP contribution >= 0.6 is 0 Å². The fraction of sp³-hybridized carbons (Fsp3) is 0. The zero-order valence-electron chi connectivity index (χ0n) is 9.69. The predicted octanol–water partition coefficient (Wildman–Crippen LogP) is 3.20. The number of fused-ring (bicyclic) bond motifs is 1. The average Bonchev–Trinajstić information content (AvgIpc) is 2.46. The molecule has 1 aromatic carbocycles. The Morgan fingerprint density at radius 3 is 2.56 bits per heavy atom. The van der Waals surface area contributed by atoms with Gasteiger partial charge >= 0.3 is 0 Å². The fourth-order valence-electron chi connectivity index (χ4n) is 1.81. The summed E-state index contributed by atoms with van der Waals surface area (Å²) in [7, 11) is 0. The van der Waals surface area contributed by atoms with Gasteiger partial charge in [0.15, 0.2) is 0 Å². The highest BCUT2D eigenvalue weighted by Gasteiger charge is 1.98. The van der Waals surface area contributed by atoms with Gasteiger partial charge in [0.25, 0.3) is 0 Å². The molecule has 18 heavy (non-hydrogen) atoms. The van der Waals surface area contributed by atoms with Crippen molar-refractivity contribution in [1.82, 2.24) is 15.0 Å². The third-order valence-electron chi connectivity index (χ3n) is 2.71. The molecule has 3 heteroatoms. The molecule has 2 aromatic heterocycles. The molecule has 3 rings (SSSR count). The van der Waals surface area contributed by atoms with Gasteiger partial charge in [-0.05, 0) is 29.8 Å². The first-order chi connectivity index (χ1) is 8.93. The van der Waals surface area contributed by atoms with Crippen molar-refractivity contribution >= 4 is 23.1 Å². The van der Waals surface area contributed by atoms with E-state index in [0.29, 0.717) is 0 Å². The summed E-state index contributed by atoms with van der Waals surface area (Å²) in [6, 6.07) is 11.9. The van der Waals surface area contributed by atoms with E-state index in [9.17, 15) is 0 Å². The number of para-hydroxylation sites is 1. The average molecular weight is 233 g/mol. The summed E-state index contributed by atoms with van der Waals surface area (Å²) in [4.78, 5) is 12.5. The Balaban J connectivity index is 2.03. The van der Waals surface area contributed by atoms with Crippen LogP contribution in [0.15, 0.2) is 55.1 Å². The SMILES string of the molecule is C(=C\c1ncnc2ccccc12)/c1ccncc1. The van der Waals surface area contributed by atoms with Crippen molar-refractivity contribution in [1.29, 1.82) is 0 Å². The third-order valence-corrected chi connectivity index (χ3v) is 2.71. The number of nitrogens with zero attached hydrogens (tertiary/aromatic N) is 3. The van der Waals surface area contributed by atoms with Gasteiger partial charge in [0.2, 0.25) is 0 Å². The molecule has 0 fully saturated rings. The molecular formula is C15H11N3. The Kier molecular flexibility index (Phi) is 2.80. The fourth-order valence-corrected chi connectivity index (χ4v) is 1.81. The lowest BCUT2D eigenvalue weighted by Gasteiger charge is -1.99. The molecule has 0 saturated heterocycles. The van der Waals surface area contributed by atoms with E-state index in [1.807, 2.05) is 48.6 Å². The second-order valence-corrected chi connectivity index (χ2v) is 3.89. The van der Waals surface area contributed by atoms with Gasteiger partial charge in [-0.1, -0.05) is 24.3 Å². The van der Waals surface area contributed by atoms with Gasteiger partial charge in [-0.15, -0.1) is 0 Å². The molecule has 0 spiro atoms. The first-order valence-corrected chi connectivity index (χ1v) is 5.71. The van der Waals surface area contributed by atoms with Crippen LogP contribution in [-0.2, 0) is 0 Å². The molecule has 3 aromatic rings. The molecule has 0 radical (unpaired) electrons. The Bertz CT molecular complexity index is 685. The summed E-state index contributed by atoms with van der Waals surface area (Å²) >= 11 is 0. The number of hydrogen-bond donors (Lipinski definition) is 0. The molecule has 0 atom stereocenters. The third kappa shape index (κ3) is 2.11. The maximum Gasteiger partial charge on any atom is 0.116 e. The van der Waals surface area contributed by atoms with Gasteiger partial charge in [-0.2, -0.15) is 0 Å². The first kappa shape index (κ1) is 10.6. The minimum absolute atomic E-state index is 0.928. The Morgan fingerprint density at radius 1 is 0.833 bits per heavy atom. The lowest BCUT2D eigenvalue weighted by molar-refractivity contribution is 1.21. The normalized spacial score (nSPS) is 11.1. The summed E-state index contributed by atoms with van der Waals surface area (Å²) in [6.45, 7) is 0. The smallest absolute Gasteiger partial charge is 0.116 e. The van der Waals surface area contributed by atoms with Crippen molar-refractivity contribution in [3.05, 3.63) is 66.4 Å². The quantitative estimate of drug-likeness (QED) is 0.682. The minimum atomic E-state index is 0.928. The minimum Gasteiger partial charge on any atom is -0.265 e. The predicted molar refractivity (Wildman–Crippen MR) is 72.7 cm³/mol. The van der Waals surface area contributed by atoms with Gasteiger partial charge < -0.3 is 0 Å². The second kappa shape index (κ2) is 4.75. The summed E-state index contributed by atoms with van der Waals surface area (Å²) in [6.07, 6.45) is 9.17. The summed E-state index contributed by atoms with van der Waals surface area (Å²) in [5.41, 5.74) is 2.99. The van der Waals surface area contributed by atoms with Gasteiger partial charge in [-0.3, -0.25) is 4.98 Å². The monoisotopic (exact) mass is 233 g/mol. The van der Waals surface area contributed by atoms with Crippen LogP contribution in [-0.4, -0.2) is 15.0 Å². The highest BCUT2D eigenvalue weighted by Crippen LogP contribution is 2.16. The standard InChI is InChI=1S/C15H11N3/c1-2-4-14-13(3-1)15(18-11-17-14)6-5-12-7-9-16-10-8-12/h1-11H/b6-5+. The molecule has 86 valence electrons. The van der Waals surface area contributed by atoms with E-state index in [4.69, 9.17) is 0 Å². The maximum atomic E-state index is 4.31. The summed E-state index contributed by atoms with van der Waals surface area (Å²) in [5, 5.41) is 1.06. The Hall–Kier alpha value is -2.55. The second-order valence-electron chi connectivity index (χ2n) is 3.89. The Morgan fingerprint density at radius 2 is 1.67 bits per heavy atom. The van der Waals surface area contributed by atoms with Crippen molar-refractivity contribution in [2.45, 2.75) is 0 Å². The van der Waals surface area contributed by atoms with Crippen molar-refractivity contribution in [2.75, 3.05) is 0 Å². The van der Waals surface area contributed by atoms with E-state index in [0.717, 1.165) is 22.2 Å². The highest BCUT2D eigenvalue weighted by molar-refractivity contribution is 5.88. The van der Waals surface area contributed by atoms with Crippen LogP contribution < -0.4 is 0 Å². The molecule has 0 bridgehead atoms. The van der Waals surface area contributed by atoms with Crippen molar-refractivity contribution in [3.63, 3.8) is 0 Å².